The van der Waals surface area contributed by atoms with Crippen LogP contribution in [-0.4, -0.2) is 47.3 Å². The van der Waals surface area contributed by atoms with Crippen LogP contribution in [0.15, 0.2) is 29.0 Å². The minimum absolute atomic E-state index is 0.0701. The van der Waals surface area contributed by atoms with Gasteiger partial charge in [0.15, 0.2) is 11.5 Å². The van der Waals surface area contributed by atoms with Gasteiger partial charge < -0.3 is 19.1 Å². The summed E-state index contributed by atoms with van der Waals surface area (Å²) < 4.78 is 17.5. The van der Waals surface area contributed by atoms with E-state index in [2.05, 4.69) is 25.9 Å². The smallest absolute Gasteiger partial charge is 0.373 e. The molecule has 2 aromatic rings. The number of nitrogens with zero attached hydrogens (tertiary/aromatic N) is 4. The van der Waals surface area contributed by atoms with Gasteiger partial charge in [-0.05, 0) is 32.0 Å². The number of anilines is 1. The minimum Gasteiger partial charge on any atom is -0.493 e. The molecular weight excluding hydrogens is 420 g/mol. The molecule has 0 aliphatic carbocycles. The van der Waals surface area contributed by atoms with Crippen LogP contribution in [-0.2, 0) is 4.74 Å². The van der Waals surface area contributed by atoms with E-state index >= 15 is 0 Å². The minimum atomic E-state index is -0.527. The van der Waals surface area contributed by atoms with Crippen LogP contribution < -0.4 is 14.4 Å². The summed E-state index contributed by atoms with van der Waals surface area (Å²) in [4.78, 5) is 21.2. The maximum Gasteiger partial charge on any atom is 0.373 e. The molecule has 1 aliphatic rings. The molecule has 2 heterocycles. The third kappa shape index (κ3) is 4.28. The van der Waals surface area contributed by atoms with Crippen molar-refractivity contribution in [2.75, 3.05) is 25.1 Å². The third-order valence-electron chi connectivity index (χ3n) is 4.00. The van der Waals surface area contributed by atoms with E-state index < -0.39 is 4.92 Å². The summed E-state index contributed by atoms with van der Waals surface area (Å²) in [5.41, 5.74) is -0.288. The van der Waals surface area contributed by atoms with Gasteiger partial charge >= 0.3 is 11.6 Å². The van der Waals surface area contributed by atoms with Crippen molar-refractivity contribution in [1.82, 2.24) is 9.97 Å². The van der Waals surface area contributed by atoms with E-state index in [1.807, 2.05) is 18.7 Å². The molecular formula is C17H19BrN4O5. The molecule has 1 saturated heterocycles. The molecule has 0 saturated carbocycles. The number of benzene rings is 1. The Morgan fingerprint density at radius 1 is 1.26 bits per heavy atom. The number of hydrogen-bond donors (Lipinski definition) is 0. The zero-order chi connectivity index (χ0) is 19.6. The zero-order valence-corrected chi connectivity index (χ0v) is 16.7. The molecule has 1 aromatic heterocycles. The number of halogens is 1. The Balaban J connectivity index is 2.01. The zero-order valence-electron chi connectivity index (χ0n) is 15.1. The predicted molar refractivity (Wildman–Crippen MR) is 102 cm³/mol. The second-order valence-electron chi connectivity index (χ2n) is 6.17. The first-order valence-electron chi connectivity index (χ1n) is 8.30. The summed E-state index contributed by atoms with van der Waals surface area (Å²) >= 11 is 3.35. The SMILES string of the molecule is COc1cc(Br)ccc1Oc1ncnc(N2CC(C)OC(C)C2)c1[N+](=O)[O-]. The van der Waals surface area contributed by atoms with Gasteiger partial charge in [-0.3, -0.25) is 10.1 Å². The van der Waals surface area contributed by atoms with E-state index in [4.69, 9.17) is 14.2 Å². The fourth-order valence-corrected chi connectivity index (χ4v) is 3.34. The van der Waals surface area contributed by atoms with Gasteiger partial charge in [0.1, 0.15) is 6.33 Å². The number of methoxy groups -OCH3 is 1. The van der Waals surface area contributed by atoms with Gasteiger partial charge in [-0.1, -0.05) is 15.9 Å². The van der Waals surface area contributed by atoms with Gasteiger partial charge in [0.25, 0.3) is 0 Å². The summed E-state index contributed by atoms with van der Waals surface area (Å²) in [6, 6.07) is 5.10. The average Bonchev–Trinajstić information content (AvgIpc) is 2.62. The third-order valence-corrected chi connectivity index (χ3v) is 4.50. The molecule has 144 valence electrons. The van der Waals surface area contributed by atoms with Crippen molar-refractivity contribution >= 4 is 27.4 Å². The molecule has 2 unspecified atom stereocenters. The van der Waals surface area contributed by atoms with Crippen LogP contribution >= 0.6 is 15.9 Å². The van der Waals surface area contributed by atoms with Gasteiger partial charge in [-0.25, -0.2) is 4.98 Å². The maximum atomic E-state index is 11.8. The van der Waals surface area contributed by atoms with E-state index in [1.165, 1.54) is 13.4 Å². The van der Waals surface area contributed by atoms with Crippen LogP contribution in [0.1, 0.15) is 13.8 Å². The molecule has 27 heavy (non-hydrogen) atoms. The lowest BCUT2D eigenvalue weighted by molar-refractivity contribution is -0.385. The van der Waals surface area contributed by atoms with Gasteiger partial charge in [0.05, 0.1) is 24.2 Å². The summed E-state index contributed by atoms with van der Waals surface area (Å²) in [6.45, 7) is 4.81. The Kier molecular flexibility index (Phi) is 5.76. The fourth-order valence-electron chi connectivity index (χ4n) is 3.00. The Hall–Kier alpha value is -2.46. The number of nitro groups is 1. The van der Waals surface area contributed by atoms with Crippen LogP contribution in [0, 0.1) is 10.1 Å². The average molecular weight is 439 g/mol. The van der Waals surface area contributed by atoms with Crippen molar-refractivity contribution in [1.29, 1.82) is 0 Å². The monoisotopic (exact) mass is 438 g/mol. The lowest BCUT2D eigenvalue weighted by atomic mass is 10.2. The first-order valence-corrected chi connectivity index (χ1v) is 9.09. The largest absolute Gasteiger partial charge is 0.493 e. The van der Waals surface area contributed by atoms with Crippen LogP contribution in [0.3, 0.4) is 0 Å². The summed E-state index contributed by atoms with van der Waals surface area (Å²) in [5.74, 6) is 0.810. The van der Waals surface area contributed by atoms with Gasteiger partial charge in [-0.2, -0.15) is 4.98 Å². The first-order chi connectivity index (χ1) is 12.9. The van der Waals surface area contributed by atoms with Crippen LogP contribution in [0.2, 0.25) is 0 Å². The molecule has 9 nitrogen and oxygen atoms in total. The van der Waals surface area contributed by atoms with E-state index in [9.17, 15) is 10.1 Å². The van der Waals surface area contributed by atoms with Crippen molar-refractivity contribution in [2.45, 2.75) is 26.1 Å². The van der Waals surface area contributed by atoms with Crippen LogP contribution in [0.25, 0.3) is 0 Å². The Bertz CT molecular complexity index is 840. The number of aromatic nitrogens is 2. The summed E-state index contributed by atoms with van der Waals surface area (Å²) in [7, 11) is 1.49. The van der Waals surface area contributed by atoms with E-state index in [-0.39, 0.29) is 29.6 Å². The van der Waals surface area contributed by atoms with E-state index in [1.54, 1.807) is 18.2 Å². The van der Waals surface area contributed by atoms with E-state index in [0.717, 1.165) is 4.47 Å². The highest BCUT2D eigenvalue weighted by atomic mass is 79.9. The van der Waals surface area contributed by atoms with Gasteiger partial charge in [0.2, 0.25) is 5.82 Å². The molecule has 1 aromatic carbocycles. The second kappa shape index (κ2) is 8.05. The van der Waals surface area contributed by atoms with Gasteiger partial charge in [0, 0.05) is 17.6 Å². The topological polar surface area (TPSA) is 99.9 Å². The summed E-state index contributed by atoms with van der Waals surface area (Å²) in [5, 5.41) is 11.8. The van der Waals surface area contributed by atoms with Crippen molar-refractivity contribution in [3.63, 3.8) is 0 Å². The van der Waals surface area contributed by atoms with Crippen molar-refractivity contribution in [3.05, 3.63) is 39.1 Å². The molecule has 10 heteroatoms. The molecule has 0 spiro atoms. The van der Waals surface area contributed by atoms with Crippen molar-refractivity contribution in [3.8, 4) is 17.4 Å². The first kappa shape index (κ1) is 19.3. The maximum absolute atomic E-state index is 11.8. The highest BCUT2D eigenvalue weighted by Gasteiger charge is 2.33. The summed E-state index contributed by atoms with van der Waals surface area (Å²) in [6.07, 6.45) is 1.12. The van der Waals surface area contributed by atoms with Crippen molar-refractivity contribution in [2.24, 2.45) is 0 Å². The molecule has 3 rings (SSSR count). The number of ether oxygens (including phenoxy) is 3. The Morgan fingerprint density at radius 2 is 1.96 bits per heavy atom. The molecule has 0 radical (unpaired) electrons. The number of morpholine rings is 1. The normalized spacial score (nSPS) is 19.6. The lowest BCUT2D eigenvalue weighted by Gasteiger charge is -2.35. The molecule has 0 amide bonds. The lowest BCUT2D eigenvalue weighted by Crippen LogP contribution is -2.46. The standard InChI is InChI=1S/C17H19BrN4O5/c1-10-7-21(8-11(2)26-10)16-15(22(23)24)17(20-9-19-16)27-13-5-4-12(18)6-14(13)25-3/h4-6,9-11H,7-8H2,1-3H3. The van der Waals surface area contributed by atoms with Crippen molar-refractivity contribution < 1.29 is 19.1 Å². The Labute approximate surface area is 164 Å². The number of hydrogen-bond acceptors (Lipinski definition) is 8. The quantitative estimate of drug-likeness (QED) is 0.515. The predicted octanol–water partition coefficient (Wildman–Crippen LogP) is 3.56. The van der Waals surface area contributed by atoms with Crippen LogP contribution in [0.4, 0.5) is 11.5 Å². The van der Waals surface area contributed by atoms with Gasteiger partial charge in [-0.15, -0.1) is 0 Å². The molecule has 1 aliphatic heterocycles. The Morgan fingerprint density at radius 3 is 2.59 bits per heavy atom. The fraction of sp³-hybridized carbons (Fsp3) is 0.412. The molecule has 0 N–H and O–H groups in total. The van der Waals surface area contributed by atoms with Crippen LogP contribution in [0.5, 0.6) is 17.4 Å². The molecule has 1 fully saturated rings. The number of rotatable bonds is 5. The second-order valence-corrected chi connectivity index (χ2v) is 7.08. The molecule has 0 bridgehead atoms. The molecule has 2 atom stereocenters. The van der Waals surface area contributed by atoms with E-state index in [0.29, 0.717) is 24.6 Å². The highest BCUT2D eigenvalue weighted by Crippen LogP contribution is 2.40. The highest BCUT2D eigenvalue weighted by molar-refractivity contribution is 9.10.